The van der Waals surface area contributed by atoms with Gasteiger partial charge < -0.3 is 20.1 Å². The Hall–Kier alpha value is -3.54. The van der Waals surface area contributed by atoms with E-state index in [-0.39, 0.29) is 11.4 Å². The topological polar surface area (TPSA) is 72.5 Å². The number of aromatic nitrogens is 1. The minimum atomic E-state index is -0.310. The number of amides is 2. The van der Waals surface area contributed by atoms with Gasteiger partial charge >= 0.3 is 6.03 Å². The van der Waals surface area contributed by atoms with Crippen molar-refractivity contribution in [2.75, 3.05) is 19.0 Å². The molecule has 0 aliphatic carbocycles. The van der Waals surface area contributed by atoms with E-state index in [1.165, 1.54) is 0 Å². The fourth-order valence-corrected chi connectivity index (χ4v) is 3.13. The number of para-hydroxylation sites is 1. The highest BCUT2D eigenvalue weighted by Gasteiger charge is 2.20. The van der Waals surface area contributed by atoms with E-state index in [0.717, 1.165) is 22.6 Å². The zero-order valence-electron chi connectivity index (χ0n) is 18.4. The molecule has 6 nitrogen and oxygen atoms in total. The molecule has 31 heavy (non-hydrogen) atoms. The molecule has 2 amide bonds. The summed E-state index contributed by atoms with van der Waals surface area (Å²) in [7, 11) is 1.64. The standard InChI is InChI=1S/C25H29N3O3/c1-25(2,3)20-8-5-6-10-22(20)31-23-21(9-7-16-26-23)28-24(29)27-17-15-18-11-13-19(30-4)14-12-18/h5-14,16H,15,17H2,1-4H3,(H2,27,28,29). The smallest absolute Gasteiger partial charge is 0.319 e. The van der Waals surface area contributed by atoms with Crippen LogP contribution in [0.4, 0.5) is 10.5 Å². The van der Waals surface area contributed by atoms with Gasteiger partial charge in [0.25, 0.3) is 0 Å². The van der Waals surface area contributed by atoms with E-state index in [9.17, 15) is 4.79 Å². The van der Waals surface area contributed by atoms with Crippen LogP contribution in [0.3, 0.4) is 0 Å². The number of hydrogen-bond donors (Lipinski definition) is 2. The van der Waals surface area contributed by atoms with E-state index in [1.807, 2.05) is 48.5 Å². The summed E-state index contributed by atoms with van der Waals surface area (Å²) >= 11 is 0. The fraction of sp³-hybridized carbons (Fsp3) is 0.280. The maximum atomic E-state index is 12.4. The Balaban J connectivity index is 1.62. The van der Waals surface area contributed by atoms with Crippen molar-refractivity contribution in [1.29, 1.82) is 0 Å². The number of benzene rings is 2. The van der Waals surface area contributed by atoms with Crippen LogP contribution in [0.2, 0.25) is 0 Å². The first-order valence-electron chi connectivity index (χ1n) is 10.3. The average molecular weight is 420 g/mol. The Labute approximate surface area is 183 Å². The highest BCUT2D eigenvalue weighted by atomic mass is 16.5. The summed E-state index contributed by atoms with van der Waals surface area (Å²) in [6.07, 6.45) is 2.36. The summed E-state index contributed by atoms with van der Waals surface area (Å²) in [5.41, 5.74) is 2.60. The number of methoxy groups -OCH3 is 1. The van der Waals surface area contributed by atoms with Gasteiger partial charge in [-0.3, -0.25) is 0 Å². The summed E-state index contributed by atoms with van der Waals surface area (Å²) in [6, 6.07) is 18.9. The molecular formula is C25H29N3O3. The minimum Gasteiger partial charge on any atom is -0.497 e. The Morgan fingerprint density at radius 2 is 1.74 bits per heavy atom. The molecule has 6 heteroatoms. The molecule has 0 saturated carbocycles. The first kappa shape index (κ1) is 22.2. The summed E-state index contributed by atoms with van der Waals surface area (Å²) < 4.78 is 11.3. The van der Waals surface area contributed by atoms with Gasteiger partial charge in [0, 0.05) is 18.3 Å². The second-order valence-corrected chi connectivity index (χ2v) is 8.18. The van der Waals surface area contributed by atoms with Crippen molar-refractivity contribution in [1.82, 2.24) is 10.3 Å². The van der Waals surface area contributed by atoms with Gasteiger partial charge in [0.2, 0.25) is 5.88 Å². The molecule has 1 aromatic heterocycles. The van der Waals surface area contributed by atoms with Crippen molar-refractivity contribution in [3.63, 3.8) is 0 Å². The monoisotopic (exact) mass is 419 g/mol. The van der Waals surface area contributed by atoms with Crippen molar-refractivity contribution in [3.05, 3.63) is 78.0 Å². The van der Waals surface area contributed by atoms with Crippen molar-refractivity contribution >= 4 is 11.7 Å². The zero-order chi connectivity index (χ0) is 22.3. The van der Waals surface area contributed by atoms with Crippen molar-refractivity contribution in [2.24, 2.45) is 0 Å². The van der Waals surface area contributed by atoms with Crippen molar-refractivity contribution in [3.8, 4) is 17.4 Å². The number of carbonyl (C=O) groups excluding carboxylic acids is 1. The number of urea groups is 1. The highest BCUT2D eigenvalue weighted by molar-refractivity contribution is 5.90. The van der Waals surface area contributed by atoms with E-state index in [1.54, 1.807) is 25.4 Å². The molecule has 0 spiro atoms. The van der Waals surface area contributed by atoms with E-state index in [4.69, 9.17) is 9.47 Å². The van der Waals surface area contributed by atoms with Crippen LogP contribution in [-0.2, 0) is 11.8 Å². The summed E-state index contributed by atoms with van der Waals surface area (Å²) in [4.78, 5) is 16.7. The molecule has 0 aliphatic heterocycles. The van der Waals surface area contributed by atoms with Crippen LogP contribution < -0.4 is 20.1 Å². The predicted molar refractivity (Wildman–Crippen MR) is 123 cm³/mol. The number of nitrogens with zero attached hydrogens (tertiary/aromatic N) is 1. The average Bonchev–Trinajstić information content (AvgIpc) is 2.75. The lowest BCUT2D eigenvalue weighted by molar-refractivity contribution is 0.252. The third kappa shape index (κ3) is 6.22. The van der Waals surface area contributed by atoms with Crippen LogP contribution in [0.5, 0.6) is 17.4 Å². The van der Waals surface area contributed by atoms with Crippen LogP contribution in [0.1, 0.15) is 31.9 Å². The number of anilines is 1. The van der Waals surface area contributed by atoms with Crippen molar-refractivity contribution < 1.29 is 14.3 Å². The Kier molecular flexibility index (Phi) is 7.13. The lowest BCUT2D eigenvalue weighted by Gasteiger charge is -2.22. The molecule has 3 aromatic rings. The second kappa shape index (κ2) is 9.98. The Morgan fingerprint density at radius 1 is 1.00 bits per heavy atom. The Bertz CT molecular complexity index is 1010. The number of carbonyl (C=O) groups is 1. The highest BCUT2D eigenvalue weighted by Crippen LogP contribution is 2.35. The number of rotatable bonds is 7. The predicted octanol–water partition coefficient (Wildman–Crippen LogP) is 5.54. The number of hydrogen-bond acceptors (Lipinski definition) is 4. The first-order valence-corrected chi connectivity index (χ1v) is 10.3. The van der Waals surface area contributed by atoms with Crippen LogP contribution in [-0.4, -0.2) is 24.7 Å². The quantitative estimate of drug-likeness (QED) is 0.527. The van der Waals surface area contributed by atoms with Gasteiger partial charge in [0.15, 0.2) is 0 Å². The first-order chi connectivity index (χ1) is 14.9. The van der Waals surface area contributed by atoms with Crippen LogP contribution in [0.25, 0.3) is 0 Å². The van der Waals surface area contributed by atoms with Gasteiger partial charge in [-0.05, 0) is 47.7 Å². The van der Waals surface area contributed by atoms with Gasteiger partial charge in [0.1, 0.15) is 17.2 Å². The SMILES string of the molecule is COc1ccc(CCNC(=O)Nc2cccnc2Oc2ccccc2C(C)(C)C)cc1. The Morgan fingerprint density at radius 3 is 2.45 bits per heavy atom. The molecule has 3 rings (SSSR count). The normalized spacial score (nSPS) is 11.0. The van der Waals surface area contributed by atoms with Gasteiger partial charge in [-0.25, -0.2) is 9.78 Å². The molecule has 0 fully saturated rings. The lowest BCUT2D eigenvalue weighted by Crippen LogP contribution is -2.30. The maximum Gasteiger partial charge on any atom is 0.319 e. The van der Waals surface area contributed by atoms with Gasteiger partial charge in [-0.1, -0.05) is 51.1 Å². The molecule has 2 aromatic carbocycles. The molecule has 2 N–H and O–H groups in total. The summed E-state index contributed by atoms with van der Waals surface area (Å²) in [5, 5.41) is 5.71. The molecule has 0 radical (unpaired) electrons. The van der Waals surface area contributed by atoms with Crippen molar-refractivity contribution in [2.45, 2.75) is 32.6 Å². The number of pyridine rings is 1. The minimum absolute atomic E-state index is 0.0855. The maximum absolute atomic E-state index is 12.4. The van der Waals surface area contributed by atoms with E-state index in [2.05, 4.69) is 36.4 Å². The van der Waals surface area contributed by atoms with Crippen LogP contribution >= 0.6 is 0 Å². The molecule has 0 unspecified atom stereocenters. The molecule has 0 atom stereocenters. The van der Waals surface area contributed by atoms with Gasteiger partial charge in [0.05, 0.1) is 7.11 Å². The molecule has 162 valence electrons. The van der Waals surface area contributed by atoms with Gasteiger partial charge in [-0.2, -0.15) is 0 Å². The lowest BCUT2D eigenvalue weighted by atomic mass is 9.86. The third-order valence-corrected chi connectivity index (χ3v) is 4.78. The number of ether oxygens (including phenoxy) is 2. The summed E-state index contributed by atoms with van der Waals surface area (Å²) in [6.45, 7) is 6.89. The van der Waals surface area contributed by atoms with Crippen LogP contribution in [0.15, 0.2) is 66.9 Å². The molecule has 0 bridgehead atoms. The number of nitrogens with one attached hydrogen (secondary N) is 2. The largest absolute Gasteiger partial charge is 0.497 e. The summed E-state index contributed by atoms with van der Waals surface area (Å²) in [5.74, 6) is 1.88. The fourth-order valence-electron chi connectivity index (χ4n) is 3.13. The van der Waals surface area contributed by atoms with Crippen LogP contribution in [0, 0.1) is 0 Å². The third-order valence-electron chi connectivity index (χ3n) is 4.78. The molecule has 1 heterocycles. The zero-order valence-corrected chi connectivity index (χ0v) is 18.4. The second-order valence-electron chi connectivity index (χ2n) is 8.18. The van der Waals surface area contributed by atoms with Gasteiger partial charge in [-0.15, -0.1) is 0 Å². The van der Waals surface area contributed by atoms with E-state index in [0.29, 0.717) is 24.5 Å². The molecule has 0 saturated heterocycles. The molecular weight excluding hydrogens is 390 g/mol. The van der Waals surface area contributed by atoms with E-state index >= 15 is 0 Å². The molecule has 0 aliphatic rings. The van der Waals surface area contributed by atoms with E-state index < -0.39 is 0 Å².